The van der Waals surface area contributed by atoms with Gasteiger partial charge in [-0.05, 0) is 19.3 Å². The Morgan fingerprint density at radius 3 is 1.00 bits per heavy atom. The summed E-state index contributed by atoms with van der Waals surface area (Å²) in [5.41, 5.74) is 0. The van der Waals surface area contributed by atoms with E-state index < -0.39 is 0 Å². The van der Waals surface area contributed by atoms with Gasteiger partial charge in [0.25, 0.3) is 0 Å². The van der Waals surface area contributed by atoms with Gasteiger partial charge in [-0.3, -0.25) is 0 Å². The quantitative estimate of drug-likeness (QED) is 0.336. The van der Waals surface area contributed by atoms with Gasteiger partial charge in [-0.15, -0.1) is 48.0 Å². The lowest BCUT2D eigenvalue weighted by molar-refractivity contribution is -0.872. The van der Waals surface area contributed by atoms with Crippen molar-refractivity contribution in [1.29, 1.82) is 0 Å². The van der Waals surface area contributed by atoms with E-state index in [0.717, 1.165) is 8.97 Å². The monoisotopic (exact) mass is 444 g/mol. The number of rotatable bonds is 6. The average molecular weight is 444 g/mol. The lowest BCUT2D eigenvalue weighted by atomic mass is 10.2. The summed E-state index contributed by atoms with van der Waals surface area (Å²) in [6.45, 7) is 2.61. The Morgan fingerprint density at radius 2 is 0.800 bits per heavy atom. The van der Waals surface area contributed by atoms with Crippen molar-refractivity contribution >= 4 is 48.0 Å². The molecular weight excluding hydrogens is 414 g/mol. The molecule has 96 valence electrons. The SMILES string of the molecule is C[N+](C)(C)CCCCC[N+](C)(C)C.I.I. The molecule has 0 bridgehead atoms. The van der Waals surface area contributed by atoms with Crippen LogP contribution in [0.3, 0.4) is 0 Å². The van der Waals surface area contributed by atoms with Gasteiger partial charge in [0.1, 0.15) is 0 Å². The van der Waals surface area contributed by atoms with Crippen molar-refractivity contribution in [1.82, 2.24) is 0 Å². The lowest BCUT2D eigenvalue weighted by Gasteiger charge is -2.25. The molecule has 0 aromatic carbocycles. The molecule has 0 saturated heterocycles. The Balaban J connectivity index is -0.000000720. The van der Waals surface area contributed by atoms with Gasteiger partial charge >= 0.3 is 0 Å². The van der Waals surface area contributed by atoms with Gasteiger partial charge in [-0.25, -0.2) is 0 Å². The number of quaternary nitrogens is 2. The van der Waals surface area contributed by atoms with Crippen molar-refractivity contribution in [2.45, 2.75) is 19.3 Å². The van der Waals surface area contributed by atoms with Crippen LogP contribution in [0.15, 0.2) is 0 Å². The molecule has 0 heterocycles. The molecule has 0 radical (unpaired) electrons. The van der Waals surface area contributed by atoms with E-state index in [1.165, 1.54) is 32.4 Å². The van der Waals surface area contributed by atoms with Crippen molar-refractivity contribution < 1.29 is 8.97 Å². The molecule has 0 spiro atoms. The topological polar surface area (TPSA) is 0 Å². The largest absolute Gasteiger partial charge is 0.331 e. The van der Waals surface area contributed by atoms with Gasteiger partial charge in [-0.2, -0.15) is 0 Å². The number of halogens is 2. The number of hydrogen-bond acceptors (Lipinski definition) is 0. The summed E-state index contributed by atoms with van der Waals surface area (Å²) in [7, 11) is 13.6. The standard InChI is InChI=1S/C11H28N2.2HI/c1-12(2,3)10-8-7-9-11-13(4,5)6;;/h7-11H2,1-6H3;2*1H/q+2;;. The molecule has 0 N–H and O–H groups in total. The fraction of sp³-hybridized carbons (Fsp3) is 1.00. The predicted octanol–water partition coefficient (Wildman–Crippen LogP) is 2.81. The molecular formula is C11H30I2N2+2. The van der Waals surface area contributed by atoms with Crippen molar-refractivity contribution in [2.75, 3.05) is 55.4 Å². The molecule has 0 fully saturated rings. The van der Waals surface area contributed by atoms with E-state index in [9.17, 15) is 0 Å². The van der Waals surface area contributed by atoms with Crippen molar-refractivity contribution in [2.24, 2.45) is 0 Å². The first kappa shape index (κ1) is 21.6. The molecule has 0 amide bonds. The van der Waals surface area contributed by atoms with Gasteiger partial charge in [0.05, 0.1) is 55.4 Å². The van der Waals surface area contributed by atoms with E-state index in [-0.39, 0.29) is 48.0 Å². The van der Waals surface area contributed by atoms with Crippen LogP contribution >= 0.6 is 48.0 Å². The van der Waals surface area contributed by atoms with Gasteiger partial charge in [-0.1, -0.05) is 0 Å². The number of hydrogen-bond donors (Lipinski definition) is 0. The fourth-order valence-electron chi connectivity index (χ4n) is 1.35. The van der Waals surface area contributed by atoms with E-state index in [4.69, 9.17) is 0 Å². The molecule has 15 heavy (non-hydrogen) atoms. The summed E-state index contributed by atoms with van der Waals surface area (Å²) >= 11 is 0. The van der Waals surface area contributed by atoms with Crippen LogP contribution in [-0.4, -0.2) is 64.3 Å². The van der Waals surface area contributed by atoms with Gasteiger partial charge < -0.3 is 8.97 Å². The van der Waals surface area contributed by atoms with Crippen LogP contribution < -0.4 is 0 Å². The smallest absolute Gasteiger partial charge is 0.0780 e. The minimum atomic E-state index is 0. The maximum absolute atomic E-state index is 2.26. The fourth-order valence-corrected chi connectivity index (χ4v) is 1.35. The maximum atomic E-state index is 2.26. The van der Waals surface area contributed by atoms with E-state index in [2.05, 4.69) is 42.3 Å². The highest BCUT2D eigenvalue weighted by Gasteiger charge is 2.08. The molecule has 0 saturated carbocycles. The average Bonchev–Trinajstić information content (AvgIpc) is 1.81. The van der Waals surface area contributed by atoms with Crippen LogP contribution in [0.2, 0.25) is 0 Å². The third-order valence-corrected chi connectivity index (χ3v) is 2.16. The van der Waals surface area contributed by atoms with Crippen LogP contribution in [0.4, 0.5) is 0 Å². The molecule has 0 unspecified atom stereocenters. The highest BCUT2D eigenvalue weighted by Crippen LogP contribution is 2.03. The summed E-state index contributed by atoms with van der Waals surface area (Å²) in [6.07, 6.45) is 4.11. The van der Waals surface area contributed by atoms with Crippen molar-refractivity contribution in [3.05, 3.63) is 0 Å². The number of nitrogens with zero attached hydrogens (tertiary/aromatic N) is 2. The second-order valence-electron chi connectivity index (χ2n) is 6.09. The summed E-state index contributed by atoms with van der Waals surface area (Å²) < 4.78 is 2.20. The zero-order valence-electron chi connectivity index (χ0n) is 11.2. The first-order chi connectivity index (χ1) is 5.71. The number of unbranched alkanes of at least 4 members (excludes halogenated alkanes) is 2. The second-order valence-corrected chi connectivity index (χ2v) is 6.09. The van der Waals surface area contributed by atoms with Crippen LogP contribution in [-0.2, 0) is 0 Å². The molecule has 0 rings (SSSR count). The summed E-state index contributed by atoms with van der Waals surface area (Å²) in [6, 6.07) is 0. The van der Waals surface area contributed by atoms with Gasteiger partial charge in [0.2, 0.25) is 0 Å². The van der Waals surface area contributed by atoms with Crippen molar-refractivity contribution in [3.8, 4) is 0 Å². The molecule has 0 aromatic heterocycles. The maximum Gasteiger partial charge on any atom is 0.0780 e. The molecule has 0 aliphatic heterocycles. The predicted molar refractivity (Wildman–Crippen MR) is 90.5 cm³/mol. The van der Waals surface area contributed by atoms with Crippen LogP contribution in [0.1, 0.15) is 19.3 Å². The highest BCUT2D eigenvalue weighted by atomic mass is 127. The summed E-state index contributed by atoms with van der Waals surface area (Å²) in [4.78, 5) is 0. The molecule has 0 aliphatic rings. The third-order valence-electron chi connectivity index (χ3n) is 2.16. The van der Waals surface area contributed by atoms with E-state index in [1.54, 1.807) is 0 Å². The summed E-state index contributed by atoms with van der Waals surface area (Å²) in [5, 5.41) is 0. The van der Waals surface area contributed by atoms with E-state index in [1.807, 2.05) is 0 Å². The molecule has 0 aliphatic carbocycles. The Bertz CT molecular complexity index is 121. The molecule has 2 nitrogen and oxygen atoms in total. The van der Waals surface area contributed by atoms with Crippen LogP contribution in [0.25, 0.3) is 0 Å². The molecule has 0 aromatic rings. The normalized spacial score (nSPS) is 11.6. The van der Waals surface area contributed by atoms with Crippen LogP contribution in [0.5, 0.6) is 0 Å². The molecule has 0 atom stereocenters. The minimum absolute atomic E-state index is 0. The highest BCUT2D eigenvalue weighted by molar-refractivity contribution is 14.0. The zero-order chi connectivity index (χ0) is 10.5. The zero-order valence-corrected chi connectivity index (χ0v) is 15.9. The Morgan fingerprint density at radius 1 is 0.533 bits per heavy atom. The first-order valence-electron chi connectivity index (χ1n) is 5.32. The van der Waals surface area contributed by atoms with Crippen molar-refractivity contribution in [3.63, 3.8) is 0 Å². The second kappa shape index (κ2) is 9.41. The van der Waals surface area contributed by atoms with Crippen LogP contribution in [0, 0.1) is 0 Å². The Labute approximate surface area is 131 Å². The van der Waals surface area contributed by atoms with E-state index >= 15 is 0 Å². The van der Waals surface area contributed by atoms with Gasteiger partial charge in [0, 0.05) is 0 Å². The summed E-state index contributed by atoms with van der Waals surface area (Å²) in [5.74, 6) is 0. The lowest BCUT2D eigenvalue weighted by Crippen LogP contribution is -2.36. The first-order valence-corrected chi connectivity index (χ1v) is 5.32. The van der Waals surface area contributed by atoms with Gasteiger partial charge in [0.15, 0.2) is 0 Å². The minimum Gasteiger partial charge on any atom is -0.331 e. The Hall–Kier alpha value is 1.38. The van der Waals surface area contributed by atoms with E-state index in [0.29, 0.717) is 0 Å². The third kappa shape index (κ3) is 21.3. The Kier molecular flexibility index (Phi) is 13.6. The molecule has 4 heteroatoms.